The highest BCUT2D eigenvalue weighted by molar-refractivity contribution is 8.00. The standard InChI is InChI=1S/C7H11NO5S/c8-5(7(12)13)3-14-4(2-9)1-6(10)11/h2,4-5H,1,3,8H2,(H,10,11)(H,12,13). The Hall–Kier alpha value is -1.08. The molecule has 0 saturated carbocycles. The van der Waals surface area contributed by atoms with E-state index in [1.54, 1.807) is 0 Å². The summed E-state index contributed by atoms with van der Waals surface area (Å²) in [5.74, 6) is -2.25. The van der Waals surface area contributed by atoms with E-state index in [0.29, 0.717) is 6.29 Å². The summed E-state index contributed by atoms with van der Waals surface area (Å²) in [6.07, 6.45) is 0.161. The molecule has 0 amide bonds. The number of hydrogen-bond acceptors (Lipinski definition) is 5. The van der Waals surface area contributed by atoms with Crippen LogP contribution in [0.1, 0.15) is 6.42 Å². The summed E-state index contributed by atoms with van der Waals surface area (Å²) in [4.78, 5) is 30.9. The van der Waals surface area contributed by atoms with E-state index in [1.807, 2.05) is 0 Å². The fraction of sp³-hybridized carbons (Fsp3) is 0.571. The Balaban J connectivity index is 3.89. The van der Waals surface area contributed by atoms with Crippen LogP contribution in [0.3, 0.4) is 0 Å². The van der Waals surface area contributed by atoms with Gasteiger partial charge >= 0.3 is 11.9 Å². The molecule has 0 aliphatic rings. The maximum absolute atomic E-state index is 10.4. The first-order valence-corrected chi connectivity index (χ1v) is 4.79. The molecule has 4 N–H and O–H groups in total. The third kappa shape index (κ3) is 5.55. The third-order valence-electron chi connectivity index (χ3n) is 1.33. The van der Waals surface area contributed by atoms with Gasteiger partial charge in [0, 0.05) is 5.75 Å². The minimum Gasteiger partial charge on any atom is -0.481 e. The summed E-state index contributed by atoms with van der Waals surface area (Å²) >= 11 is 0.932. The molecule has 0 aliphatic carbocycles. The van der Waals surface area contributed by atoms with Crippen LogP contribution < -0.4 is 5.73 Å². The van der Waals surface area contributed by atoms with E-state index in [1.165, 1.54) is 0 Å². The molecular weight excluding hydrogens is 210 g/mol. The lowest BCUT2D eigenvalue weighted by atomic mass is 10.3. The van der Waals surface area contributed by atoms with Crippen molar-refractivity contribution in [3.63, 3.8) is 0 Å². The van der Waals surface area contributed by atoms with E-state index in [4.69, 9.17) is 15.9 Å². The second kappa shape index (κ2) is 6.39. The molecule has 6 nitrogen and oxygen atoms in total. The van der Waals surface area contributed by atoms with Gasteiger partial charge < -0.3 is 20.7 Å². The van der Waals surface area contributed by atoms with Gasteiger partial charge in [0.25, 0.3) is 0 Å². The van der Waals surface area contributed by atoms with Crippen molar-refractivity contribution in [1.29, 1.82) is 0 Å². The van der Waals surface area contributed by atoms with Crippen LogP contribution in [0.4, 0.5) is 0 Å². The molecular formula is C7H11NO5S. The number of rotatable bonds is 7. The summed E-state index contributed by atoms with van der Waals surface area (Å²) < 4.78 is 0. The predicted molar refractivity (Wildman–Crippen MR) is 50.2 cm³/mol. The van der Waals surface area contributed by atoms with Crippen molar-refractivity contribution in [3.8, 4) is 0 Å². The molecule has 80 valence electrons. The van der Waals surface area contributed by atoms with E-state index in [-0.39, 0.29) is 12.2 Å². The van der Waals surface area contributed by atoms with Gasteiger partial charge in [-0.2, -0.15) is 0 Å². The topological polar surface area (TPSA) is 118 Å². The highest BCUT2D eigenvalue weighted by atomic mass is 32.2. The Morgan fingerprint density at radius 3 is 2.36 bits per heavy atom. The van der Waals surface area contributed by atoms with Crippen LogP contribution in [0.25, 0.3) is 0 Å². The first kappa shape index (κ1) is 12.9. The maximum Gasteiger partial charge on any atom is 0.321 e. The largest absolute Gasteiger partial charge is 0.481 e. The highest BCUT2D eigenvalue weighted by Gasteiger charge is 2.17. The van der Waals surface area contributed by atoms with Crippen LogP contribution in [-0.2, 0) is 14.4 Å². The van der Waals surface area contributed by atoms with Gasteiger partial charge in [-0.1, -0.05) is 0 Å². The number of aliphatic carboxylic acids is 2. The van der Waals surface area contributed by atoms with Gasteiger partial charge in [0.05, 0.1) is 11.7 Å². The molecule has 14 heavy (non-hydrogen) atoms. The number of carboxylic acid groups (broad SMARTS) is 2. The van der Waals surface area contributed by atoms with Crippen LogP contribution in [0.15, 0.2) is 0 Å². The van der Waals surface area contributed by atoms with Crippen molar-refractivity contribution in [2.75, 3.05) is 5.75 Å². The average Bonchev–Trinajstić information content (AvgIpc) is 2.10. The molecule has 0 saturated heterocycles. The zero-order chi connectivity index (χ0) is 11.1. The number of carbonyl (C=O) groups excluding carboxylic acids is 1. The molecule has 0 radical (unpaired) electrons. The number of hydrogen-bond donors (Lipinski definition) is 3. The van der Waals surface area contributed by atoms with Crippen LogP contribution in [0.2, 0.25) is 0 Å². The van der Waals surface area contributed by atoms with Crippen molar-refractivity contribution in [2.45, 2.75) is 17.7 Å². The second-order valence-electron chi connectivity index (χ2n) is 2.55. The molecule has 0 aromatic rings. The lowest BCUT2D eigenvalue weighted by molar-refractivity contribution is -0.138. The Bertz CT molecular complexity index is 232. The van der Waals surface area contributed by atoms with Gasteiger partial charge in [-0.15, -0.1) is 11.8 Å². The Morgan fingerprint density at radius 1 is 1.43 bits per heavy atom. The molecule has 2 unspecified atom stereocenters. The number of carboxylic acids is 2. The molecule has 0 aromatic carbocycles. The highest BCUT2D eigenvalue weighted by Crippen LogP contribution is 2.13. The average molecular weight is 221 g/mol. The van der Waals surface area contributed by atoms with Gasteiger partial charge in [-0.25, -0.2) is 0 Å². The van der Waals surface area contributed by atoms with Gasteiger partial charge in [-0.3, -0.25) is 9.59 Å². The predicted octanol–water partition coefficient (Wildman–Crippen LogP) is -0.826. The molecule has 2 atom stereocenters. The zero-order valence-corrected chi connectivity index (χ0v) is 8.07. The zero-order valence-electron chi connectivity index (χ0n) is 7.25. The molecule has 7 heteroatoms. The van der Waals surface area contributed by atoms with Crippen molar-refractivity contribution >= 4 is 30.0 Å². The second-order valence-corrected chi connectivity index (χ2v) is 3.82. The van der Waals surface area contributed by atoms with Crippen LogP contribution in [0.5, 0.6) is 0 Å². The molecule has 0 spiro atoms. The number of aldehydes is 1. The van der Waals surface area contributed by atoms with Crippen molar-refractivity contribution in [3.05, 3.63) is 0 Å². The normalized spacial score (nSPS) is 14.4. The lowest BCUT2D eigenvalue weighted by Crippen LogP contribution is -2.33. The van der Waals surface area contributed by atoms with Crippen LogP contribution in [-0.4, -0.2) is 45.5 Å². The van der Waals surface area contributed by atoms with Gasteiger partial charge in [0.15, 0.2) is 0 Å². The SMILES string of the molecule is NC(CSC(C=O)CC(=O)O)C(=O)O. The molecule has 0 heterocycles. The summed E-state index contributed by atoms with van der Waals surface area (Å²) in [6.45, 7) is 0. The summed E-state index contributed by atoms with van der Waals surface area (Å²) in [5.41, 5.74) is 5.17. The minimum atomic E-state index is -1.17. The van der Waals surface area contributed by atoms with E-state index in [9.17, 15) is 14.4 Å². The molecule has 0 aliphatic heterocycles. The summed E-state index contributed by atoms with van der Waals surface area (Å²) in [6, 6.07) is -1.07. The third-order valence-corrected chi connectivity index (χ3v) is 2.59. The molecule has 0 rings (SSSR count). The molecule has 0 aromatic heterocycles. The molecule has 0 bridgehead atoms. The summed E-state index contributed by atoms with van der Waals surface area (Å²) in [7, 11) is 0. The monoisotopic (exact) mass is 221 g/mol. The Labute approximate surface area is 84.5 Å². The van der Waals surface area contributed by atoms with Gasteiger partial charge in [0.2, 0.25) is 0 Å². The Morgan fingerprint density at radius 2 is 2.00 bits per heavy atom. The number of nitrogens with two attached hydrogens (primary N) is 1. The van der Waals surface area contributed by atoms with E-state index >= 15 is 0 Å². The lowest BCUT2D eigenvalue weighted by Gasteiger charge is -2.09. The first-order valence-electron chi connectivity index (χ1n) is 3.74. The van der Waals surface area contributed by atoms with Crippen molar-refractivity contribution < 1.29 is 24.6 Å². The number of carbonyl (C=O) groups is 3. The van der Waals surface area contributed by atoms with E-state index in [0.717, 1.165) is 11.8 Å². The Kier molecular flexibility index (Phi) is 5.89. The van der Waals surface area contributed by atoms with Gasteiger partial charge in [-0.05, 0) is 0 Å². The first-order chi connectivity index (χ1) is 6.47. The van der Waals surface area contributed by atoms with E-state index in [2.05, 4.69) is 0 Å². The molecule has 0 fully saturated rings. The van der Waals surface area contributed by atoms with Gasteiger partial charge in [0.1, 0.15) is 12.3 Å². The minimum absolute atomic E-state index is 0.0199. The van der Waals surface area contributed by atoms with E-state index < -0.39 is 23.2 Å². The van der Waals surface area contributed by atoms with Crippen molar-refractivity contribution in [2.24, 2.45) is 5.73 Å². The maximum atomic E-state index is 10.4. The fourth-order valence-electron chi connectivity index (χ4n) is 0.617. The fourth-order valence-corrected chi connectivity index (χ4v) is 1.55. The van der Waals surface area contributed by atoms with Crippen LogP contribution in [0, 0.1) is 0 Å². The number of thioether (sulfide) groups is 1. The summed E-state index contributed by atoms with van der Waals surface area (Å²) in [5, 5.41) is 16.0. The smallest absolute Gasteiger partial charge is 0.321 e. The van der Waals surface area contributed by atoms with Crippen LogP contribution >= 0.6 is 11.8 Å². The quantitative estimate of drug-likeness (QED) is 0.480. The van der Waals surface area contributed by atoms with Crippen molar-refractivity contribution in [1.82, 2.24) is 0 Å².